The summed E-state index contributed by atoms with van der Waals surface area (Å²) in [4.78, 5) is 0. The summed E-state index contributed by atoms with van der Waals surface area (Å²) in [6.45, 7) is -0.550. The molecule has 0 aliphatic heterocycles. The van der Waals surface area contributed by atoms with Gasteiger partial charge in [0.1, 0.15) is 12.2 Å². The zero-order valence-electron chi connectivity index (χ0n) is 7.39. The molecule has 0 saturated heterocycles. The fourth-order valence-electron chi connectivity index (χ4n) is 1.16. The van der Waals surface area contributed by atoms with E-state index in [2.05, 4.69) is 0 Å². The summed E-state index contributed by atoms with van der Waals surface area (Å²) in [6, 6.07) is 4.76. The van der Waals surface area contributed by atoms with Crippen LogP contribution in [0.25, 0.3) is 0 Å². The molecule has 1 aromatic rings. The molecule has 0 aromatic heterocycles. The third-order valence-electron chi connectivity index (χ3n) is 1.93. The normalized spacial score (nSPS) is 15.1. The maximum absolute atomic E-state index is 9.58. The van der Waals surface area contributed by atoms with Crippen molar-refractivity contribution in [1.82, 2.24) is 0 Å². The van der Waals surface area contributed by atoms with Crippen LogP contribution in [-0.4, -0.2) is 28.0 Å². The molecule has 2 unspecified atom stereocenters. The van der Waals surface area contributed by atoms with Crippen LogP contribution in [-0.2, 0) is 0 Å². The number of hydrogen-bond donors (Lipinski definition) is 4. The van der Waals surface area contributed by atoms with Gasteiger partial charge in [-0.05, 0) is 12.1 Å². The molecule has 5 heteroatoms. The van der Waals surface area contributed by atoms with E-state index in [0.29, 0.717) is 0 Å². The summed E-state index contributed by atoms with van der Waals surface area (Å²) in [7, 11) is 0. The number of nitrogens with two attached hydrogens (primary N) is 1. The lowest BCUT2D eigenvalue weighted by Crippen LogP contribution is -2.23. The van der Waals surface area contributed by atoms with E-state index in [0.717, 1.165) is 0 Å². The fraction of sp³-hybridized carbons (Fsp3) is 0.333. The molecule has 0 saturated carbocycles. The molecule has 0 bridgehead atoms. The SMILES string of the molecule is Nc1cccc(Cl)c1C(O)C(O)CO. The summed E-state index contributed by atoms with van der Waals surface area (Å²) in [6.07, 6.45) is -2.55. The molecule has 4 nitrogen and oxygen atoms in total. The van der Waals surface area contributed by atoms with Crippen molar-refractivity contribution in [1.29, 1.82) is 0 Å². The zero-order valence-corrected chi connectivity index (χ0v) is 8.15. The van der Waals surface area contributed by atoms with Gasteiger partial charge in [0.2, 0.25) is 0 Å². The average Bonchev–Trinajstić information content (AvgIpc) is 2.16. The smallest absolute Gasteiger partial charge is 0.111 e. The van der Waals surface area contributed by atoms with Gasteiger partial charge in [0, 0.05) is 16.3 Å². The van der Waals surface area contributed by atoms with Crippen LogP contribution in [0.1, 0.15) is 11.7 Å². The number of aliphatic hydroxyl groups excluding tert-OH is 3. The second-order valence-corrected chi connectivity index (χ2v) is 3.34. The van der Waals surface area contributed by atoms with E-state index in [-0.39, 0.29) is 16.3 Å². The number of hydrogen-bond acceptors (Lipinski definition) is 4. The third-order valence-corrected chi connectivity index (χ3v) is 2.26. The molecule has 78 valence electrons. The Kier molecular flexibility index (Phi) is 3.71. The molecular formula is C9H12ClNO3. The lowest BCUT2D eigenvalue weighted by Gasteiger charge is -2.18. The van der Waals surface area contributed by atoms with Crippen LogP contribution in [0.5, 0.6) is 0 Å². The molecule has 0 amide bonds. The monoisotopic (exact) mass is 217 g/mol. The molecule has 0 radical (unpaired) electrons. The Morgan fingerprint density at radius 2 is 2.00 bits per heavy atom. The van der Waals surface area contributed by atoms with Gasteiger partial charge < -0.3 is 21.1 Å². The van der Waals surface area contributed by atoms with Crippen molar-refractivity contribution in [3.8, 4) is 0 Å². The second kappa shape index (κ2) is 4.61. The third kappa shape index (κ3) is 2.16. The first-order valence-electron chi connectivity index (χ1n) is 4.08. The number of benzene rings is 1. The minimum atomic E-state index is -1.28. The largest absolute Gasteiger partial charge is 0.398 e. The average molecular weight is 218 g/mol. The van der Waals surface area contributed by atoms with Gasteiger partial charge in [-0.15, -0.1) is 0 Å². The van der Waals surface area contributed by atoms with Gasteiger partial charge >= 0.3 is 0 Å². The Balaban J connectivity index is 3.05. The summed E-state index contributed by atoms with van der Waals surface area (Å²) < 4.78 is 0. The summed E-state index contributed by atoms with van der Waals surface area (Å²) in [5.74, 6) is 0. The topological polar surface area (TPSA) is 86.7 Å². The maximum Gasteiger partial charge on any atom is 0.111 e. The van der Waals surface area contributed by atoms with Gasteiger partial charge in [0.05, 0.1) is 6.61 Å². The Morgan fingerprint density at radius 3 is 2.50 bits per heavy atom. The highest BCUT2D eigenvalue weighted by atomic mass is 35.5. The van der Waals surface area contributed by atoms with Crippen molar-refractivity contribution in [2.45, 2.75) is 12.2 Å². The van der Waals surface area contributed by atoms with Crippen molar-refractivity contribution in [2.75, 3.05) is 12.3 Å². The van der Waals surface area contributed by atoms with Crippen molar-refractivity contribution in [3.05, 3.63) is 28.8 Å². The van der Waals surface area contributed by atoms with E-state index in [1.54, 1.807) is 18.2 Å². The number of halogens is 1. The summed E-state index contributed by atoms with van der Waals surface area (Å²) >= 11 is 5.79. The highest BCUT2D eigenvalue weighted by Gasteiger charge is 2.21. The molecule has 2 atom stereocenters. The standard InChI is InChI=1S/C9H12ClNO3/c10-5-2-1-3-6(11)8(5)9(14)7(13)4-12/h1-3,7,9,12-14H,4,11H2. The van der Waals surface area contributed by atoms with Crippen LogP contribution in [0, 0.1) is 0 Å². The molecule has 0 heterocycles. The fourth-order valence-corrected chi connectivity index (χ4v) is 1.45. The van der Waals surface area contributed by atoms with Crippen LogP contribution in [0.2, 0.25) is 5.02 Å². The zero-order chi connectivity index (χ0) is 10.7. The van der Waals surface area contributed by atoms with E-state index in [4.69, 9.17) is 22.4 Å². The molecule has 1 rings (SSSR count). The summed E-state index contributed by atoms with van der Waals surface area (Å²) in [5.41, 5.74) is 6.11. The Hall–Kier alpha value is -0.810. The number of nitrogen functional groups attached to an aromatic ring is 1. The van der Waals surface area contributed by atoms with E-state index >= 15 is 0 Å². The molecule has 0 aliphatic carbocycles. The lowest BCUT2D eigenvalue weighted by molar-refractivity contribution is -0.0148. The molecular weight excluding hydrogens is 206 g/mol. The highest BCUT2D eigenvalue weighted by molar-refractivity contribution is 6.31. The van der Waals surface area contributed by atoms with Crippen molar-refractivity contribution >= 4 is 17.3 Å². The number of rotatable bonds is 3. The first-order chi connectivity index (χ1) is 6.57. The van der Waals surface area contributed by atoms with E-state index < -0.39 is 18.8 Å². The Bertz CT molecular complexity index is 299. The predicted octanol–water partition coefficient (Wildman–Crippen LogP) is 0.309. The predicted molar refractivity (Wildman–Crippen MR) is 53.9 cm³/mol. The second-order valence-electron chi connectivity index (χ2n) is 2.94. The molecule has 5 N–H and O–H groups in total. The first-order valence-corrected chi connectivity index (χ1v) is 4.46. The number of anilines is 1. The van der Waals surface area contributed by atoms with Crippen LogP contribution in [0.4, 0.5) is 5.69 Å². The quantitative estimate of drug-likeness (QED) is 0.549. The minimum Gasteiger partial charge on any atom is -0.398 e. The maximum atomic E-state index is 9.58. The van der Waals surface area contributed by atoms with Crippen LogP contribution in [0.3, 0.4) is 0 Å². The first kappa shape index (κ1) is 11.3. The molecule has 0 spiro atoms. The molecule has 1 aromatic carbocycles. The van der Waals surface area contributed by atoms with Gasteiger partial charge in [-0.25, -0.2) is 0 Å². The summed E-state index contributed by atoms with van der Waals surface area (Å²) in [5, 5.41) is 27.7. The van der Waals surface area contributed by atoms with Gasteiger partial charge in [-0.2, -0.15) is 0 Å². The minimum absolute atomic E-state index is 0.246. The lowest BCUT2D eigenvalue weighted by atomic mass is 10.0. The van der Waals surface area contributed by atoms with Crippen LogP contribution < -0.4 is 5.73 Å². The van der Waals surface area contributed by atoms with Gasteiger partial charge in [0.15, 0.2) is 0 Å². The van der Waals surface area contributed by atoms with E-state index in [9.17, 15) is 10.2 Å². The van der Waals surface area contributed by atoms with Crippen molar-refractivity contribution in [3.63, 3.8) is 0 Å². The van der Waals surface area contributed by atoms with Gasteiger partial charge in [0.25, 0.3) is 0 Å². The number of aliphatic hydroxyl groups is 3. The van der Waals surface area contributed by atoms with E-state index in [1.165, 1.54) is 0 Å². The van der Waals surface area contributed by atoms with Crippen LogP contribution in [0.15, 0.2) is 18.2 Å². The Labute approximate surface area is 86.6 Å². The van der Waals surface area contributed by atoms with Crippen molar-refractivity contribution in [2.24, 2.45) is 0 Å². The molecule has 14 heavy (non-hydrogen) atoms. The van der Waals surface area contributed by atoms with Crippen LogP contribution >= 0.6 is 11.6 Å². The highest BCUT2D eigenvalue weighted by Crippen LogP contribution is 2.30. The Morgan fingerprint density at radius 1 is 1.36 bits per heavy atom. The van der Waals surface area contributed by atoms with Crippen molar-refractivity contribution < 1.29 is 15.3 Å². The van der Waals surface area contributed by atoms with Gasteiger partial charge in [-0.3, -0.25) is 0 Å². The van der Waals surface area contributed by atoms with E-state index in [1.807, 2.05) is 0 Å². The molecule has 0 aliphatic rings. The van der Waals surface area contributed by atoms with Gasteiger partial charge in [-0.1, -0.05) is 17.7 Å². The molecule has 0 fully saturated rings.